The molecule has 2 unspecified atom stereocenters. The molecule has 29 heteroatoms. The van der Waals surface area contributed by atoms with Crippen molar-refractivity contribution >= 4 is 58.0 Å². The van der Waals surface area contributed by atoms with Crippen molar-refractivity contribution in [2.24, 2.45) is 0 Å². The molecule has 1 saturated heterocycles. The summed E-state index contributed by atoms with van der Waals surface area (Å²) in [7, 11) is -17.1. The van der Waals surface area contributed by atoms with Crippen molar-refractivity contribution in [2.45, 2.75) is 50.2 Å². The first kappa shape index (κ1) is 51.3. The molecule has 2 aliphatic heterocycles. The second-order valence-corrected chi connectivity index (χ2v) is 19.1. The summed E-state index contributed by atoms with van der Waals surface area (Å²) in [5.41, 5.74) is 5.32. The summed E-state index contributed by atoms with van der Waals surface area (Å²) in [4.78, 5) is 103. The number of anilines is 1. The summed E-state index contributed by atoms with van der Waals surface area (Å²) in [5, 5.41) is 49.0. The molecule has 0 radical (unpaired) electrons. The van der Waals surface area contributed by atoms with E-state index in [0.29, 0.717) is 40.3 Å². The molecule has 0 bridgehead atoms. The molecule has 1 aliphatic carbocycles. The first-order chi connectivity index (χ1) is 31.9. The second kappa shape index (κ2) is 21.0. The Labute approximate surface area is 381 Å². The largest absolute Gasteiger partial charge is 0.872 e. The maximum atomic E-state index is 13.1. The van der Waals surface area contributed by atoms with Crippen molar-refractivity contribution in [2.75, 3.05) is 25.4 Å². The number of carboxylic acid groups (broad SMARTS) is 1. The number of carbonyl (C=O) groups excluding carboxylic acids is 2. The van der Waals surface area contributed by atoms with Crippen LogP contribution in [0.5, 0.6) is 5.75 Å². The molecular formula is C39H39N5O21P3-. The summed E-state index contributed by atoms with van der Waals surface area (Å²) in [6.07, 6.45) is -4.78. The van der Waals surface area contributed by atoms with Gasteiger partial charge in [-0.15, -0.1) is 5.75 Å². The number of hydrogen-bond donors (Lipinski definition) is 10. The van der Waals surface area contributed by atoms with Gasteiger partial charge in [0.05, 0.1) is 24.3 Å². The van der Waals surface area contributed by atoms with Crippen LogP contribution in [0.1, 0.15) is 58.2 Å². The molecule has 11 N–H and O–H groups in total. The van der Waals surface area contributed by atoms with Gasteiger partial charge in [0.2, 0.25) is 5.91 Å². The van der Waals surface area contributed by atoms with Crippen molar-refractivity contribution < 1.29 is 90.4 Å². The average molecular weight is 1010 g/mol. The number of nitrogens with two attached hydrogens (primary N) is 1. The van der Waals surface area contributed by atoms with E-state index in [1.165, 1.54) is 54.6 Å². The number of carbonyl (C=O) groups is 3. The van der Waals surface area contributed by atoms with Gasteiger partial charge < -0.3 is 65.5 Å². The van der Waals surface area contributed by atoms with Crippen LogP contribution in [-0.4, -0.2) is 100 Å². The standard InChI is InChI=1S/C39H40N5O21P3/c40-35-21(18-44(39(53)43-35)37-34(49)33(48)30(63-37)19-61-67(57,58)65-68(59,60)64-66(54,55)56)5-4-14-41-31(47)6-2-1-3-13-42-36(50)20-7-10-24(27(15-20)38(51)52)32-25-11-8-22(45)16-28(25)62-29-17-23(46)9-12-26(29)32/h7-12,15-18,30,33-34,37,45,48-49H,1-3,6,13-14,19H2,(H,41,47)(H,42,50)(H,51,52)(H,57,58)(H,59,60)(H2,40,43,53)(H2,54,55,56)/p-1/t30-,33-,34-,37-/m1/s1. The quantitative estimate of drug-likeness (QED) is 0.0252. The normalized spacial score (nSPS) is 18.9. The Morgan fingerprint density at radius 1 is 0.897 bits per heavy atom. The lowest BCUT2D eigenvalue weighted by atomic mass is 9.90. The Bertz CT molecular complexity index is 3070. The monoisotopic (exact) mass is 1010 g/mol. The fourth-order valence-corrected chi connectivity index (χ4v) is 9.84. The van der Waals surface area contributed by atoms with Gasteiger partial charge in [-0.05, 0) is 48.7 Å². The van der Waals surface area contributed by atoms with E-state index in [1.54, 1.807) is 0 Å². The SMILES string of the molecule is Nc1nc(=O)n([C@@H]2O[C@H](COP(=O)(O)OP(=O)(O)OP(=O)(O)O)[C@@H](O)[C@H]2O)cc1C#CCNC(=O)CCCCCNC(=O)c1ccc(-c2c3ccc(=O)cc-3oc3cc([O-])ccc23)c(C(=O)O)c1. The number of aliphatic hydroxyl groups is 2. The maximum absolute atomic E-state index is 13.1. The van der Waals surface area contributed by atoms with Crippen LogP contribution in [0.3, 0.4) is 0 Å². The van der Waals surface area contributed by atoms with Crippen LogP contribution in [-0.2, 0) is 36.4 Å². The zero-order valence-corrected chi connectivity index (χ0v) is 37.4. The van der Waals surface area contributed by atoms with E-state index in [2.05, 4.69) is 40.6 Å². The molecule has 6 rings (SSSR count). The topological polar surface area (TPSA) is 419 Å². The number of benzene rings is 3. The third-order valence-corrected chi connectivity index (χ3v) is 13.6. The van der Waals surface area contributed by atoms with Gasteiger partial charge in [0.25, 0.3) is 5.91 Å². The number of unbranched alkanes of at least 4 members (excludes halogenated alkanes) is 2. The number of fused-ring (bicyclic) bond motifs is 2. The number of nitrogens with one attached hydrogen (secondary N) is 2. The fourth-order valence-electron chi connectivity index (χ4n) is 6.81. The number of phosphoric acid groups is 3. The van der Waals surface area contributed by atoms with Crippen LogP contribution in [0, 0.1) is 11.8 Å². The number of nitrogen functional groups attached to an aromatic ring is 1. The number of aliphatic hydroxyl groups excluding tert-OH is 2. The second-order valence-electron chi connectivity index (χ2n) is 14.7. The Balaban J connectivity index is 0.969. The molecule has 3 aliphatic rings. The lowest BCUT2D eigenvalue weighted by molar-refractivity contribution is -0.268. The van der Waals surface area contributed by atoms with Gasteiger partial charge in [-0.3, -0.25) is 23.5 Å². The van der Waals surface area contributed by atoms with E-state index >= 15 is 0 Å². The average Bonchev–Trinajstić information content (AvgIpc) is 3.52. The van der Waals surface area contributed by atoms with Crippen LogP contribution in [0.2, 0.25) is 0 Å². The Hall–Kier alpha value is -6.13. The van der Waals surface area contributed by atoms with Crippen molar-refractivity contribution in [1.82, 2.24) is 20.2 Å². The number of hydrogen-bond acceptors (Lipinski definition) is 18. The number of aromatic nitrogens is 2. The number of aromatic carboxylic acids is 1. The van der Waals surface area contributed by atoms with Crippen LogP contribution >= 0.6 is 23.5 Å². The van der Waals surface area contributed by atoms with E-state index in [9.17, 15) is 67.9 Å². The van der Waals surface area contributed by atoms with Crippen molar-refractivity contribution in [3.05, 3.63) is 98.2 Å². The molecule has 2 amide bonds. The van der Waals surface area contributed by atoms with Gasteiger partial charge in [-0.25, -0.2) is 23.3 Å². The number of carboxylic acids is 1. The maximum Gasteiger partial charge on any atom is 0.490 e. The van der Waals surface area contributed by atoms with E-state index in [0.717, 1.165) is 6.20 Å². The molecule has 3 aromatic rings. The van der Waals surface area contributed by atoms with Crippen LogP contribution < -0.4 is 32.6 Å². The van der Waals surface area contributed by atoms with Crippen molar-refractivity contribution in [1.29, 1.82) is 0 Å². The van der Waals surface area contributed by atoms with Gasteiger partial charge in [-0.1, -0.05) is 36.5 Å². The van der Waals surface area contributed by atoms with Crippen LogP contribution in [0.4, 0.5) is 5.82 Å². The van der Waals surface area contributed by atoms with Gasteiger partial charge in [0, 0.05) is 47.3 Å². The number of rotatable bonds is 18. The molecule has 68 heavy (non-hydrogen) atoms. The predicted octanol–water partition coefficient (Wildman–Crippen LogP) is 0.896. The number of amides is 2. The van der Waals surface area contributed by atoms with E-state index in [-0.39, 0.29) is 76.0 Å². The van der Waals surface area contributed by atoms with Gasteiger partial charge in [0.1, 0.15) is 35.5 Å². The van der Waals surface area contributed by atoms with Gasteiger partial charge in [-0.2, -0.15) is 13.6 Å². The van der Waals surface area contributed by atoms with Crippen molar-refractivity contribution in [3.8, 4) is 40.0 Å². The van der Waals surface area contributed by atoms with Crippen LogP contribution in [0.15, 0.2) is 74.8 Å². The fraction of sp³-hybridized carbons (Fsp3) is 0.282. The highest BCUT2D eigenvalue weighted by Gasteiger charge is 2.47. The molecule has 6 atom stereocenters. The summed E-state index contributed by atoms with van der Waals surface area (Å²) < 4.78 is 58.0. The Kier molecular flexibility index (Phi) is 15.9. The smallest absolute Gasteiger partial charge is 0.490 e. The summed E-state index contributed by atoms with van der Waals surface area (Å²) in [5.74, 6) is 2.37. The summed E-state index contributed by atoms with van der Waals surface area (Å²) in [6, 6.07) is 12.2. The molecule has 26 nitrogen and oxygen atoms in total. The van der Waals surface area contributed by atoms with Crippen LogP contribution in [0.25, 0.3) is 33.4 Å². The van der Waals surface area contributed by atoms with E-state index in [4.69, 9.17) is 24.7 Å². The zero-order chi connectivity index (χ0) is 49.7. The van der Waals surface area contributed by atoms with Crippen molar-refractivity contribution in [3.63, 3.8) is 0 Å². The van der Waals surface area contributed by atoms with E-state index < -0.39 is 72.2 Å². The molecule has 0 saturated carbocycles. The number of phosphoric ester groups is 1. The Morgan fingerprint density at radius 3 is 2.35 bits per heavy atom. The third kappa shape index (κ3) is 12.9. The lowest BCUT2D eigenvalue weighted by Gasteiger charge is -2.19. The predicted molar refractivity (Wildman–Crippen MR) is 230 cm³/mol. The molecule has 1 fully saturated rings. The highest BCUT2D eigenvalue weighted by Crippen LogP contribution is 2.66. The lowest BCUT2D eigenvalue weighted by Crippen LogP contribution is -2.36. The minimum atomic E-state index is -5.85. The van der Waals surface area contributed by atoms with Gasteiger partial charge >= 0.3 is 35.1 Å². The molecule has 0 spiro atoms. The number of ether oxygens (including phenoxy) is 1. The highest BCUT2D eigenvalue weighted by atomic mass is 31.3. The minimum absolute atomic E-state index is 0.0615. The number of nitrogens with zero attached hydrogens (tertiary/aromatic N) is 2. The zero-order valence-electron chi connectivity index (χ0n) is 34.7. The molecule has 3 heterocycles. The Morgan fingerprint density at radius 2 is 1.63 bits per heavy atom. The summed E-state index contributed by atoms with van der Waals surface area (Å²) in [6.45, 7) is -1.14. The molecule has 1 aromatic heterocycles. The first-order valence-corrected chi connectivity index (χ1v) is 24.2. The molecule has 362 valence electrons. The highest BCUT2D eigenvalue weighted by molar-refractivity contribution is 7.66. The molecular weight excluding hydrogens is 967 g/mol. The van der Waals surface area contributed by atoms with Gasteiger partial charge in [0.15, 0.2) is 11.7 Å². The molecule has 2 aromatic carbocycles. The summed E-state index contributed by atoms with van der Waals surface area (Å²) >= 11 is 0. The first-order valence-electron chi connectivity index (χ1n) is 19.7. The van der Waals surface area contributed by atoms with E-state index in [1.807, 2.05) is 0 Å². The minimum Gasteiger partial charge on any atom is -0.872 e. The third-order valence-electron chi connectivity index (χ3n) is 9.82.